The number of unbranched alkanes of at least 4 members (excludes halogenated alkanes) is 6. The molecule has 0 rings (SSSR count). The van der Waals surface area contributed by atoms with Gasteiger partial charge in [-0.2, -0.15) is 0 Å². The summed E-state index contributed by atoms with van der Waals surface area (Å²) in [6, 6.07) is 0. The molecule has 0 fully saturated rings. The van der Waals surface area contributed by atoms with Crippen molar-refractivity contribution < 1.29 is 9.53 Å². The van der Waals surface area contributed by atoms with E-state index in [0.717, 1.165) is 12.8 Å². The van der Waals surface area contributed by atoms with Crippen LogP contribution in [0.1, 0.15) is 52.4 Å². The summed E-state index contributed by atoms with van der Waals surface area (Å²) in [7, 11) is 0. The first kappa shape index (κ1) is 14.2. The van der Waals surface area contributed by atoms with E-state index in [-0.39, 0.29) is 5.97 Å². The zero-order valence-electron chi connectivity index (χ0n) is 10.1. The Hall–Kier alpha value is -0.790. The van der Waals surface area contributed by atoms with Crippen LogP contribution < -0.4 is 0 Å². The normalized spacial score (nSPS) is 10.0. The topological polar surface area (TPSA) is 26.3 Å². The van der Waals surface area contributed by atoms with E-state index >= 15 is 0 Å². The Morgan fingerprint density at radius 1 is 1.27 bits per heavy atom. The van der Waals surface area contributed by atoms with Gasteiger partial charge in [0.15, 0.2) is 0 Å². The maximum atomic E-state index is 11.0. The van der Waals surface area contributed by atoms with Crippen LogP contribution in [0, 0.1) is 6.42 Å². The predicted molar refractivity (Wildman–Crippen MR) is 63.4 cm³/mol. The van der Waals surface area contributed by atoms with E-state index in [1.165, 1.54) is 25.7 Å². The Labute approximate surface area is 93.7 Å². The second kappa shape index (κ2) is 9.75. The molecule has 0 aromatic heterocycles. The summed E-state index contributed by atoms with van der Waals surface area (Å²) in [5, 5.41) is 0. The number of ether oxygens (including phenoxy) is 1. The fourth-order valence-corrected chi connectivity index (χ4v) is 1.20. The number of rotatable bonds is 9. The minimum absolute atomic E-state index is 0.277. The molecule has 2 heteroatoms. The van der Waals surface area contributed by atoms with Crippen LogP contribution in [0.25, 0.3) is 0 Å². The van der Waals surface area contributed by atoms with Gasteiger partial charge < -0.3 is 4.74 Å². The van der Waals surface area contributed by atoms with Crippen molar-refractivity contribution in [2.24, 2.45) is 0 Å². The average molecular weight is 211 g/mol. The monoisotopic (exact) mass is 211 g/mol. The fraction of sp³-hybridized carbons (Fsp3) is 0.692. The molecule has 0 saturated heterocycles. The summed E-state index contributed by atoms with van der Waals surface area (Å²) < 4.78 is 4.97. The lowest BCUT2D eigenvalue weighted by Gasteiger charge is -2.03. The summed E-state index contributed by atoms with van der Waals surface area (Å²) in [4.78, 5) is 11.0. The number of carbonyl (C=O) groups is 1. The molecule has 87 valence electrons. The molecule has 0 aliphatic carbocycles. The van der Waals surface area contributed by atoms with Gasteiger partial charge in [-0.15, -0.1) is 0 Å². The van der Waals surface area contributed by atoms with E-state index in [2.05, 4.69) is 19.9 Å². The predicted octanol–water partition coefficient (Wildman–Crippen LogP) is 3.67. The zero-order chi connectivity index (χ0) is 11.5. The van der Waals surface area contributed by atoms with Crippen molar-refractivity contribution in [2.45, 2.75) is 52.4 Å². The minimum Gasteiger partial charge on any atom is -0.462 e. The molecule has 0 N–H and O–H groups in total. The fourth-order valence-electron chi connectivity index (χ4n) is 1.20. The molecule has 15 heavy (non-hydrogen) atoms. The first-order chi connectivity index (χ1) is 7.18. The molecule has 2 nitrogen and oxygen atoms in total. The lowest BCUT2D eigenvalue weighted by atomic mass is 10.1. The van der Waals surface area contributed by atoms with Crippen LogP contribution in [-0.4, -0.2) is 12.6 Å². The largest absolute Gasteiger partial charge is 0.462 e. The summed E-state index contributed by atoms with van der Waals surface area (Å²) in [5.41, 5.74) is 0.474. The Morgan fingerprint density at radius 2 is 1.93 bits per heavy atom. The zero-order valence-corrected chi connectivity index (χ0v) is 10.1. The maximum Gasteiger partial charge on any atom is 0.333 e. The standard InChI is InChI=1S/C13H23O2/c1-4-5-6-7-8-9-10-11-15-13(14)12(2)3/h8H,2,4-7,9-11H2,1,3H3. The van der Waals surface area contributed by atoms with E-state index in [4.69, 9.17) is 4.74 Å². The third kappa shape index (κ3) is 9.51. The Kier molecular flexibility index (Phi) is 9.24. The lowest BCUT2D eigenvalue weighted by molar-refractivity contribution is -0.139. The first-order valence-electron chi connectivity index (χ1n) is 5.82. The maximum absolute atomic E-state index is 11.0. The van der Waals surface area contributed by atoms with Crippen LogP contribution in [0.3, 0.4) is 0 Å². The molecule has 0 aliphatic heterocycles. The second-order valence-electron chi connectivity index (χ2n) is 3.84. The van der Waals surface area contributed by atoms with Crippen LogP contribution in [0.4, 0.5) is 0 Å². The molecule has 0 aromatic rings. The Morgan fingerprint density at radius 3 is 2.53 bits per heavy atom. The molecule has 0 aliphatic rings. The SMILES string of the molecule is C=C(C)C(=O)OCCC[CH]CCCCC. The van der Waals surface area contributed by atoms with Gasteiger partial charge in [-0.05, 0) is 26.2 Å². The van der Waals surface area contributed by atoms with E-state index in [1.54, 1.807) is 6.92 Å². The number of carbonyl (C=O) groups excluding carboxylic acids is 1. The molecule has 0 heterocycles. The van der Waals surface area contributed by atoms with Gasteiger partial charge in [0.2, 0.25) is 0 Å². The van der Waals surface area contributed by atoms with Crippen molar-refractivity contribution in [3.05, 3.63) is 18.6 Å². The summed E-state index contributed by atoms with van der Waals surface area (Å²) in [6.45, 7) is 7.90. The highest BCUT2D eigenvalue weighted by molar-refractivity contribution is 5.86. The van der Waals surface area contributed by atoms with Gasteiger partial charge in [-0.25, -0.2) is 4.79 Å². The number of esters is 1. The van der Waals surface area contributed by atoms with E-state index in [9.17, 15) is 4.79 Å². The molecule has 0 aromatic carbocycles. The summed E-state index contributed by atoms with van der Waals surface area (Å²) >= 11 is 0. The van der Waals surface area contributed by atoms with Crippen LogP contribution in [0.2, 0.25) is 0 Å². The van der Waals surface area contributed by atoms with Gasteiger partial charge in [-0.3, -0.25) is 0 Å². The van der Waals surface area contributed by atoms with Crippen LogP contribution in [-0.2, 0) is 9.53 Å². The summed E-state index contributed by atoms with van der Waals surface area (Å²) in [5.74, 6) is -0.277. The van der Waals surface area contributed by atoms with Gasteiger partial charge >= 0.3 is 5.97 Å². The van der Waals surface area contributed by atoms with Gasteiger partial charge in [0.1, 0.15) is 0 Å². The highest BCUT2D eigenvalue weighted by atomic mass is 16.5. The second-order valence-corrected chi connectivity index (χ2v) is 3.84. The Bertz CT molecular complexity index is 185. The van der Waals surface area contributed by atoms with E-state index in [0.29, 0.717) is 12.2 Å². The van der Waals surface area contributed by atoms with Gasteiger partial charge in [0.25, 0.3) is 0 Å². The van der Waals surface area contributed by atoms with Crippen molar-refractivity contribution >= 4 is 5.97 Å². The molecular weight excluding hydrogens is 188 g/mol. The Balaban J connectivity index is 3.11. The highest BCUT2D eigenvalue weighted by Gasteiger charge is 2.01. The van der Waals surface area contributed by atoms with Crippen molar-refractivity contribution in [3.63, 3.8) is 0 Å². The molecular formula is C13H23O2. The smallest absolute Gasteiger partial charge is 0.333 e. The molecule has 0 amide bonds. The molecule has 0 saturated carbocycles. The van der Waals surface area contributed by atoms with Gasteiger partial charge in [0.05, 0.1) is 6.61 Å². The minimum atomic E-state index is -0.277. The quantitative estimate of drug-likeness (QED) is 0.330. The van der Waals surface area contributed by atoms with Gasteiger partial charge in [-0.1, -0.05) is 39.2 Å². The van der Waals surface area contributed by atoms with Crippen molar-refractivity contribution in [1.29, 1.82) is 0 Å². The molecule has 1 radical (unpaired) electrons. The third-order valence-corrected chi connectivity index (χ3v) is 2.15. The van der Waals surface area contributed by atoms with Crippen LogP contribution >= 0.6 is 0 Å². The highest BCUT2D eigenvalue weighted by Crippen LogP contribution is 2.06. The van der Waals surface area contributed by atoms with Crippen molar-refractivity contribution in [2.75, 3.05) is 6.61 Å². The summed E-state index contributed by atoms with van der Waals surface area (Å²) in [6.07, 6.45) is 9.28. The lowest BCUT2D eigenvalue weighted by Crippen LogP contribution is -2.06. The van der Waals surface area contributed by atoms with Crippen LogP contribution in [0.5, 0.6) is 0 Å². The van der Waals surface area contributed by atoms with E-state index in [1.807, 2.05) is 0 Å². The first-order valence-corrected chi connectivity index (χ1v) is 5.82. The van der Waals surface area contributed by atoms with Crippen molar-refractivity contribution in [1.82, 2.24) is 0 Å². The molecule has 0 unspecified atom stereocenters. The number of hydrogen-bond donors (Lipinski definition) is 0. The number of hydrogen-bond acceptors (Lipinski definition) is 2. The molecule has 0 atom stereocenters. The molecule has 0 spiro atoms. The third-order valence-electron chi connectivity index (χ3n) is 2.15. The van der Waals surface area contributed by atoms with Crippen molar-refractivity contribution in [3.8, 4) is 0 Å². The molecule has 0 bridgehead atoms. The van der Waals surface area contributed by atoms with Crippen LogP contribution in [0.15, 0.2) is 12.2 Å². The average Bonchev–Trinajstić information content (AvgIpc) is 2.21. The van der Waals surface area contributed by atoms with E-state index < -0.39 is 0 Å². The van der Waals surface area contributed by atoms with Gasteiger partial charge in [0, 0.05) is 5.57 Å².